The van der Waals surface area contributed by atoms with E-state index in [0.717, 1.165) is 5.69 Å². The van der Waals surface area contributed by atoms with Gasteiger partial charge < -0.3 is 24.3 Å². The number of rotatable bonds is 6. The van der Waals surface area contributed by atoms with Crippen LogP contribution in [-0.2, 0) is 10.0 Å². The number of aromatic carboxylic acids is 1. The lowest BCUT2D eigenvalue weighted by molar-refractivity contribution is -0.255. The van der Waals surface area contributed by atoms with Crippen molar-refractivity contribution in [1.82, 2.24) is 4.31 Å². The Balaban J connectivity index is 1.77. The molecule has 0 amide bonds. The van der Waals surface area contributed by atoms with Crippen LogP contribution in [0.15, 0.2) is 47.4 Å². The molecule has 0 saturated carbocycles. The first-order valence-electron chi connectivity index (χ1n) is 8.65. The number of methoxy groups -OCH3 is 2. The van der Waals surface area contributed by atoms with Crippen molar-refractivity contribution in [3.05, 3.63) is 48.0 Å². The van der Waals surface area contributed by atoms with E-state index in [-0.39, 0.29) is 29.3 Å². The predicted octanol–water partition coefficient (Wildman–Crippen LogP) is 0.578. The molecule has 0 aliphatic carbocycles. The molecule has 0 atom stereocenters. The second kappa shape index (κ2) is 8.07. The Bertz CT molecular complexity index is 968. The molecule has 2 aromatic carbocycles. The third kappa shape index (κ3) is 3.90. The Labute approximate surface area is 164 Å². The molecule has 1 heterocycles. The number of piperazine rings is 1. The number of hydrogen-bond acceptors (Lipinski definition) is 7. The highest BCUT2D eigenvalue weighted by molar-refractivity contribution is 7.89. The number of carbonyl (C=O) groups is 1. The second-order valence-corrected chi connectivity index (χ2v) is 8.15. The zero-order chi connectivity index (χ0) is 20.3. The lowest BCUT2D eigenvalue weighted by Crippen LogP contribution is -2.48. The molecule has 2 aromatic rings. The van der Waals surface area contributed by atoms with Crippen molar-refractivity contribution >= 4 is 21.7 Å². The Morgan fingerprint density at radius 1 is 1.00 bits per heavy atom. The summed E-state index contributed by atoms with van der Waals surface area (Å²) in [7, 11) is -0.825. The molecule has 1 aliphatic rings. The standard InChI is InChI=1S/C19H22N2O6S/c1-26-16-6-7-18(17(13-16)27-2)28(24,25)21-10-8-20(9-11-21)15-5-3-4-14(12-15)19(22)23/h3-7,12-13H,8-11H2,1-2H3,(H,22,23)/p-1. The monoisotopic (exact) mass is 405 g/mol. The number of nitrogens with zero attached hydrogens (tertiary/aromatic N) is 2. The minimum atomic E-state index is -3.73. The summed E-state index contributed by atoms with van der Waals surface area (Å²) in [5, 5.41) is 11.0. The number of carboxylic acid groups (broad SMARTS) is 1. The fraction of sp³-hybridized carbons (Fsp3) is 0.316. The highest BCUT2D eigenvalue weighted by Crippen LogP contribution is 2.31. The van der Waals surface area contributed by atoms with Crippen molar-refractivity contribution in [2.75, 3.05) is 45.3 Å². The van der Waals surface area contributed by atoms with Gasteiger partial charge in [-0.05, 0) is 29.8 Å². The average molecular weight is 405 g/mol. The zero-order valence-corrected chi connectivity index (χ0v) is 16.4. The van der Waals surface area contributed by atoms with Crippen molar-refractivity contribution in [3.8, 4) is 11.5 Å². The number of hydrogen-bond donors (Lipinski definition) is 0. The number of carboxylic acids is 1. The van der Waals surface area contributed by atoms with Gasteiger partial charge in [-0.2, -0.15) is 4.31 Å². The van der Waals surface area contributed by atoms with E-state index in [9.17, 15) is 18.3 Å². The minimum Gasteiger partial charge on any atom is -0.545 e. The Morgan fingerprint density at radius 3 is 2.32 bits per heavy atom. The van der Waals surface area contributed by atoms with Crippen molar-refractivity contribution in [2.24, 2.45) is 0 Å². The third-order valence-corrected chi connectivity index (χ3v) is 6.61. The normalized spacial score (nSPS) is 15.3. The summed E-state index contributed by atoms with van der Waals surface area (Å²) >= 11 is 0. The van der Waals surface area contributed by atoms with Gasteiger partial charge in [0.2, 0.25) is 10.0 Å². The molecule has 8 nitrogen and oxygen atoms in total. The predicted molar refractivity (Wildman–Crippen MR) is 101 cm³/mol. The van der Waals surface area contributed by atoms with Crippen LogP contribution in [0.3, 0.4) is 0 Å². The van der Waals surface area contributed by atoms with Gasteiger partial charge >= 0.3 is 0 Å². The van der Waals surface area contributed by atoms with Gasteiger partial charge in [0.05, 0.1) is 20.2 Å². The molecule has 0 unspecified atom stereocenters. The van der Waals surface area contributed by atoms with Gasteiger partial charge in [-0.1, -0.05) is 12.1 Å². The van der Waals surface area contributed by atoms with Crippen LogP contribution in [0.1, 0.15) is 10.4 Å². The quantitative estimate of drug-likeness (QED) is 0.693. The molecule has 9 heteroatoms. The maximum absolute atomic E-state index is 13.1. The van der Waals surface area contributed by atoms with E-state index in [2.05, 4.69) is 0 Å². The van der Waals surface area contributed by atoms with Gasteiger partial charge in [0.15, 0.2) is 0 Å². The van der Waals surface area contributed by atoms with Gasteiger partial charge in [0.1, 0.15) is 16.4 Å². The smallest absolute Gasteiger partial charge is 0.246 e. The van der Waals surface area contributed by atoms with E-state index in [0.29, 0.717) is 18.8 Å². The molecular weight excluding hydrogens is 384 g/mol. The summed E-state index contributed by atoms with van der Waals surface area (Å²) in [5.74, 6) is -0.508. The fourth-order valence-electron chi connectivity index (χ4n) is 3.14. The summed E-state index contributed by atoms with van der Waals surface area (Å²) in [6.45, 7) is 1.42. The van der Waals surface area contributed by atoms with E-state index in [4.69, 9.17) is 9.47 Å². The van der Waals surface area contributed by atoms with Crippen molar-refractivity contribution in [3.63, 3.8) is 0 Å². The van der Waals surface area contributed by atoms with Crippen LogP contribution in [0.2, 0.25) is 0 Å². The molecule has 1 aliphatic heterocycles. The summed E-state index contributed by atoms with van der Waals surface area (Å²) in [6.07, 6.45) is 0. The van der Waals surface area contributed by atoms with Crippen LogP contribution in [0, 0.1) is 0 Å². The number of carbonyl (C=O) groups excluding carboxylic acids is 1. The van der Waals surface area contributed by atoms with E-state index in [1.807, 2.05) is 4.90 Å². The van der Waals surface area contributed by atoms with Crippen molar-refractivity contribution < 1.29 is 27.8 Å². The summed E-state index contributed by atoms with van der Waals surface area (Å²) in [6, 6.07) is 11.0. The first-order chi connectivity index (χ1) is 13.4. The molecule has 0 radical (unpaired) electrons. The third-order valence-electron chi connectivity index (χ3n) is 4.67. The van der Waals surface area contributed by atoms with Crippen LogP contribution in [-0.4, -0.2) is 59.1 Å². The van der Waals surface area contributed by atoms with Crippen molar-refractivity contribution in [2.45, 2.75) is 4.90 Å². The van der Waals surface area contributed by atoms with E-state index >= 15 is 0 Å². The van der Waals surface area contributed by atoms with Crippen LogP contribution in [0.4, 0.5) is 5.69 Å². The van der Waals surface area contributed by atoms with E-state index < -0.39 is 16.0 Å². The fourth-order valence-corrected chi connectivity index (χ4v) is 4.70. The topological polar surface area (TPSA) is 99.2 Å². The van der Waals surface area contributed by atoms with Crippen LogP contribution >= 0.6 is 0 Å². The molecule has 1 saturated heterocycles. The highest BCUT2D eigenvalue weighted by Gasteiger charge is 2.31. The van der Waals surface area contributed by atoms with Crippen LogP contribution in [0.5, 0.6) is 11.5 Å². The van der Waals surface area contributed by atoms with Gasteiger partial charge in [-0.15, -0.1) is 0 Å². The number of anilines is 1. The van der Waals surface area contributed by atoms with E-state index in [1.54, 1.807) is 18.2 Å². The summed E-state index contributed by atoms with van der Waals surface area (Å²) in [4.78, 5) is 13.1. The number of benzene rings is 2. The maximum Gasteiger partial charge on any atom is 0.246 e. The highest BCUT2D eigenvalue weighted by atomic mass is 32.2. The molecule has 0 N–H and O–H groups in total. The lowest BCUT2D eigenvalue weighted by atomic mass is 10.2. The molecular formula is C19H21N2O6S-. The van der Waals surface area contributed by atoms with Crippen LogP contribution in [0.25, 0.3) is 0 Å². The first-order valence-corrected chi connectivity index (χ1v) is 10.1. The lowest BCUT2D eigenvalue weighted by Gasteiger charge is -2.35. The van der Waals surface area contributed by atoms with E-state index in [1.165, 1.54) is 42.8 Å². The minimum absolute atomic E-state index is 0.0863. The summed E-state index contributed by atoms with van der Waals surface area (Å²) < 4.78 is 37.9. The second-order valence-electron chi connectivity index (χ2n) is 6.25. The van der Waals surface area contributed by atoms with Gasteiger partial charge in [0.25, 0.3) is 0 Å². The Kier molecular flexibility index (Phi) is 5.76. The van der Waals surface area contributed by atoms with Gasteiger partial charge in [0, 0.05) is 37.9 Å². The number of sulfonamides is 1. The molecule has 28 heavy (non-hydrogen) atoms. The molecule has 0 spiro atoms. The van der Waals surface area contributed by atoms with Gasteiger partial charge in [-0.3, -0.25) is 0 Å². The molecule has 0 aromatic heterocycles. The molecule has 3 rings (SSSR count). The molecule has 0 bridgehead atoms. The van der Waals surface area contributed by atoms with Gasteiger partial charge in [-0.25, -0.2) is 8.42 Å². The zero-order valence-electron chi connectivity index (χ0n) is 15.6. The largest absolute Gasteiger partial charge is 0.545 e. The summed E-state index contributed by atoms with van der Waals surface area (Å²) in [5.41, 5.74) is 0.816. The maximum atomic E-state index is 13.1. The molecule has 150 valence electrons. The number of ether oxygens (including phenoxy) is 2. The molecule has 1 fully saturated rings. The Morgan fingerprint density at radius 2 is 1.71 bits per heavy atom. The SMILES string of the molecule is COc1ccc(S(=O)(=O)N2CCN(c3cccc(C(=O)[O-])c3)CC2)c(OC)c1. The average Bonchev–Trinajstić information content (AvgIpc) is 2.73. The van der Waals surface area contributed by atoms with Crippen molar-refractivity contribution in [1.29, 1.82) is 0 Å². The van der Waals surface area contributed by atoms with Crippen LogP contribution < -0.4 is 19.5 Å². The Hall–Kier alpha value is -2.78. The first kappa shape index (κ1) is 20.0.